The van der Waals surface area contributed by atoms with Crippen molar-refractivity contribution in [3.05, 3.63) is 71.8 Å². The van der Waals surface area contributed by atoms with Crippen molar-refractivity contribution in [3.63, 3.8) is 0 Å². The van der Waals surface area contributed by atoms with Gasteiger partial charge in [0.1, 0.15) is 0 Å². The van der Waals surface area contributed by atoms with Crippen molar-refractivity contribution in [2.24, 2.45) is 0 Å². The van der Waals surface area contributed by atoms with E-state index in [0.717, 1.165) is 10.8 Å². The summed E-state index contributed by atoms with van der Waals surface area (Å²) in [5, 5.41) is 20.2. The lowest BCUT2D eigenvalue weighted by Crippen LogP contribution is -2.01. The second-order valence-electron chi connectivity index (χ2n) is 4.90. The van der Waals surface area contributed by atoms with Crippen LogP contribution in [0, 0.1) is 0 Å². The van der Waals surface area contributed by atoms with Crippen LogP contribution in [0.25, 0.3) is 21.9 Å². The molecule has 3 aromatic carbocycles. The summed E-state index contributed by atoms with van der Waals surface area (Å²) >= 11 is 0. The van der Waals surface area contributed by atoms with E-state index in [1.165, 1.54) is 12.1 Å². The van der Waals surface area contributed by atoms with Crippen LogP contribution in [0.3, 0.4) is 0 Å². The molecule has 0 aliphatic carbocycles. The minimum absolute atomic E-state index is 0.167. The van der Waals surface area contributed by atoms with E-state index >= 15 is 0 Å². The molecule has 3 rings (SSSR count). The lowest BCUT2D eigenvalue weighted by Gasteiger charge is -2.11. The first-order chi connectivity index (χ1) is 10.6. The molecule has 4 nitrogen and oxygen atoms in total. The number of hydrogen-bond acceptors (Lipinski definition) is 2. The third-order valence-corrected chi connectivity index (χ3v) is 3.58. The highest BCUT2D eigenvalue weighted by Gasteiger charge is 2.15. The van der Waals surface area contributed by atoms with Crippen LogP contribution >= 0.6 is 0 Å². The van der Waals surface area contributed by atoms with Gasteiger partial charge in [0.25, 0.3) is 0 Å². The van der Waals surface area contributed by atoms with Gasteiger partial charge in [-0.2, -0.15) is 0 Å². The van der Waals surface area contributed by atoms with Crippen LogP contribution in [0.2, 0.25) is 0 Å². The minimum atomic E-state index is -1.01. The number of hydrogen-bond donors (Lipinski definition) is 2. The molecule has 0 saturated heterocycles. The van der Waals surface area contributed by atoms with Crippen molar-refractivity contribution >= 4 is 22.7 Å². The first kappa shape index (κ1) is 13.8. The summed E-state index contributed by atoms with van der Waals surface area (Å²) in [7, 11) is 0. The SMILES string of the molecule is O=C(O)c1ccc(-c2c(C(=O)O)ccc3ccccc23)cc1. The molecule has 108 valence electrons. The zero-order valence-corrected chi connectivity index (χ0v) is 11.5. The van der Waals surface area contributed by atoms with Crippen molar-refractivity contribution in [1.82, 2.24) is 0 Å². The topological polar surface area (TPSA) is 74.6 Å². The van der Waals surface area contributed by atoms with Gasteiger partial charge in [-0.1, -0.05) is 42.5 Å². The summed E-state index contributed by atoms with van der Waals surface area (Å²) in [5.41, 5.74) is 1.64. The second-order valence-corrected chi connectivity index (χ2v) is 4.90. The molecular formula is C18H12O4. The van der Waals surface area contributed by atoms with Gasteiger partial charge >= 0.3 is 11.9 Å². The molecule has 0 aliphatic heterocycles. The summed E-state index contributed by atoms with van der Waals surface area (Å²) in [6.45, 7) is 0. The molecule has 0 radical (unpaired) electrons. The molecule has 0 atom stereocenters. The van der Waals surface area contributed by atoms with Crippen molar-refractivity contribution in [1.29, 1.82) is 0 Å². The zero-order chi connectivity index (χ0) is 15.7. The van der Waals surface area contributed by atoms with E-state index in [1.54, 1.807) is 24.3 Å². The number of carboxylic acid groups (broad SMARTS) is 2. The Morgan fingerprint density at radius 2 is 1.41 bits per heavy atom. The predicted octanol–water partition coefficient (Wildman–Crippen LogP) is 3.90. The highest BCUT2D eigenvalue weighted by Crippen LogP contribution is 2.32. The molecule has 2 N–H and O–H groups in total. The Kier molecular flexibility index (Phi) is 3.35. The number of carbonyl (C=O) groups is 2. The van der Waals surface area contributed by atoms with Crippen LogP contribution < -0.4 is 0 Å². The van der Waals surface area contributed by atoms with Gasteiger partial charge in [-0.05, 0) is 34.5 Å². The molecule has 3 aromatic rings. The van der Waals surface area contributed by atoms with E-state index in [0.29, 0.717) is 11.1 Å². The van der Waals surface area contributed by atoms with Crippen molar-refractivity contribution in [2.75, 3.05) is 0 Å². The highest BCUT2D eigenvalue weighted by atomic mass is 16.4. The number of aromatic carboxylic acids is 2. The summed E-state index contributed by atoms with van der Waals surface area (Å²) in [6.07, 6.45) is 0. The van der Waals surface area contributed by atoms with Crippen molar-refractivity contribution in [2.45, 2.75) is 0 Å². The van der Waals surface area contributed by atoms with E-state index in [9.17, 15) is 14.7 Å². The Morgan fingerprint density at radius 3 is 2.05 bits per heavy atom. The summed E-state index contributed by atoms with van der Waals surface area (Å²) < 4.78 is 0. The summed E-state index contributed by atoms with van der Waals surface area (Å²) in [6, 6.07) is 17.1. The molecule has 0 fully saturated rings. The fourth-order valence-electron chi connectivity index (χ4n) is 2.54. The van der Waals surface area contributed by atoms with Gasteiger partial charge in [-0.25, -0.2) is 9.59 Å². The summed E-state index contributed by atoms with van der Waals surface area (Å²) in [5.74, 6) is -2.02. The number of fused-ring (bicyclic) bond motifs is 1. The first-order valence-electron chi connectivity index (χ1n) is 6.66. The Morgan fingerprint density at radius 1 is 0.727 bits per heavy atom. The Hall–Kier alpha value is -3.14. The van der Waals surface area contributed by atoms with Crippen LogP contribution in [0.1, 0.15) is 20.7 Å². The van der Waals surface area contributed by atoms with Crippen LogP contribution in [-0.2, 0) is 0 Å². The third kappa shape index (κ3) is 2.31. The minimum Gasteiger partial charge on any atom is -0.478 e. The largest absolute Gasteiger partial charge is 0.478 e. The van der Waals surface area contributed by atoms with E-state index in [4.69, 9.17) is 5.11 Å². The zero-order valence-electron chi connectivity index (χ0n) is 11.5. The molecule has 0 saturated carbocycles. The number of carboxylic acids is 2. The normalized spacial score (nSPS) is 10.5. The van der Waals surface area contributed by atoms with Gasteiger partial charge in [0.15, 0.2) is 0 Å². The molecule has 0 unspecified atom stereocenters. The molecule has 22 heavy (non-hydrogen) atoms. The van der Waals surface area contributed by atoms with Crippen LogP contribution in [0.15, 0.2) is 60.7 Å². The fourth-order valence-corrected chi connectivity index (χ4v) is 2.54. The van der Waals surface area contributed by atoms with E-state index in [2.05, 4.69) is 0 Å². The van der Waals surface area contributed by atoms with Gasteiger partial charge in [-0.15, -0.1) is 0 Å². The van der Waals surface area contributed by atoms with E-state index in [1.807, 2.05) is 24.3 Å². The molecule has 0 bridgehead atoms. The maximum absolute atomic E-state index is 11.5. The maximum Gasteiger partial charge on any atom is 0.336 e. The Bertz CT molecular complexity index is 879. The van der Waals surface area contributed by atoms with Crippen LogP contribution in [0.5, 0.6) is 0 Å². The summed E-state index contributed by atoms with van der Waals surface area (Å²) in [4.78, 5) is 22.5. The fraction of sp³-hybridized carbons (Fsp3) is 0. The number of benzene rings is 3. The Labute approximate surface area is 126 Å². The average Bonchev–Trinajstić information content (AvgIpc) is 2.53. The standard InChI is InChI=1S/C18H12O4/c19-17(20)13-7-5-12(6-8-13)16-14-4-2-1-3-11(14)9-10-15(16)18(21)22/h1-10H,(H,19,20)(H,21,22). The smallest absolute Gasteiger partial charge is 0.336 e. The molecule has 0 amide bonds. The van der Waals surface area contributed by atoms with Gasteiger partial charge in [0.05, 0.1) is 11.1 Å². The van der Waals surface area contributed by atoms with Crippen LogP contribution in [-0.4, -0.2) is 22.2 Å². The van der Waals surface area contributed by atoms with E-state index < -0.39 is 11.9 Å². The monoisotopic (exact) mass is 292 g/mol. The Balaban J connectivity index is 2.29. The highest BCUT2D eigenvalue weighted by molar-refractivity contribution is 6.07. The molecule has 0 aromatic heterocycles. The van der Waals surface area contributed by atoms with Gasteiger partial charge in [0.2, 0.25) is 0 Å². The average molecular weight is 292 g/mol. The molecule has 4 heteroatoms. The lowest BCUT2D eigenvalue weighted by molar-refractivity contribution is 0.0686. The maximum atomic E-state index is 11.5. The molecule has 0 aliphatic rings. The molecule has 0 heterocycles. The predicted molar refractivity (Wildman–Crippen MR) is 83.3 cm³/mol. The number of rotatable bonds is 3. The molecule has 0 spiro atoms. The van der Waals surface area contributed by atoms with Gasteiger partial charge < -0.3 is 10.2 Å². The third-order valence-electron chi connectivity index (χ3n) is 3.58. The molecular weight excluding hydrogens is 280 g/mol. The first-order valence-corrected chi connectivity index (χ1v) is 6.66. The quantitative estimate of drug-likeness (QED) is 0.767. The lowest BCUT2D eigenvalue weighted by atomic mass is 9.93. The van der Waals surface area contributed by atoms with Crippen LogP contribution in [0.4, 0.5) is 0 Å². The van der Waals surface area contributed by atoms with Gasteiger partial charge in [0, 0.05) is 5.56 Å². The second kappa shape index (κ2) is 5.33. The van der Waals surface area contributed by atoms with Gasteiger partial charge in [-0.3, -0.25) is 0 Å². The van der Waals surface area contributed by atoms with Crippen molar-refractivity contribution < 1.29 is 19.8 Å². The van der Waals surface area contributed by atoms with E-state index in [-0.39, 0.29) is 11.1 Å². The van der Waals surface area contributed by atoms with Crippen molar-refractivity contribution in [3.8, 4) is 11.1 Å².